The molecule has 126 valence electrons. The number of hydrazine groups is 1. The van der Waals surface area contributed by atoms with E-state index in [4.69, 9.17) is 0 Å². The van der Waals surface area contributed by atoms with Gasteiger partial charge in [-0.3, -0.25) is 20.4 Å². The second-order valence-corrected chi connectivity index (χ2v) is 5.46. The molecule has 3 aromatic rings. The molecule has 0 radical (unpaired) electrons. The average molecular weight is 336 g/mol. The maximum atomic E-state index is 12.2. The van der Waals surface area contributed by atoms with Gasteiger partial charge in [0.25, 0.3) is 11.8 Å². The van der Waals surface area contributed by atoms with Crippen LogP contribution in [0.25, 0.3) is 5.69 Å². The highest BCUT2D eigenvalue weighted by molar-refractivity contribution is 5.99. The van der Waals surface area contributed by atoms with Crippen molar-refractivity contribution in [2.45, 2.75) is 13.8 Å². The molecule has 0 unspecified atom stereocenters. The Labute approximate surface area is 143 Å². The van der Waals surface area contributed by atoms with Gasteiger partial charge in [0.15, 0.2) is 0 Å². The molecule has 1 heterocycles. The summed E-state index contributed by atoms with van der Waals surface area (Å²) in [6.45, 7) is 3.79. The number of hydrogen-bond donors (Lipinski definition) is 2. The van der Waals surface area contributed by atoms with Crippen LogP contribution < -0.4 is 10.9 Å². The summed E-state index contributed by atoms with van der Waals surface area (Å²) in [5, 5.41) is 10.9. The molecule has 0 aliphatic carbocycles. The highest BCUT2D eigenvalue weighted by Crippen LogP contribution is 2.12. The van der Waals surface area contributed by atoms with E-state index in [0.717, 1.165) is 16.8 Å². The third-order valence-electron chi connectivity index (χ3n) is 3.88. The van der Waals surface area contributed by atoms with Gasteiger partial charge in [0.1, 0.15) is 6.33 Å². The fraction of sp³-hybridized carbons (Fsp3) is 0.118. The predicted octanol–water partition coefficient (Wildman–Crippen LogP) is 1.35. The van der Waals surface area contributed by atoms with Gasteiger partial charge < -0.3 is 0 Å². The third-order valence-corrected chi connectivity index (χ3v) is 3.88. The van der Waals surface area contributed by atoms with Crippen molar-refractivity contribution in [3.05, 3.63) is 71.0 Å². The van der Waals surface area contributed by atoms with Gasteiger partial charge in [-0.1, -0.05) is 12.1 Å². The van der Waals surface area contributed by atoms with Crippen molar-refractivity contribution in [1.82, 2.24) is 31.1 Å². The molecule has 0 aliphatic heterocycles. The summed E-state index contributed by atoms with van der Waals surface area (Å²) in [5.74, 6) is -0.776. The minimum absolute atomic E-state index is 0.361. The molecule has 0 fully saturated rings. The van der Waals surface area contributed by atoms with Gasteiger partial charge in [0, 0.05) is 11.1 Å². The van der Waals surface area contributed by atoms with Gasteiger partial charge in [-0.25, -0.2) is 4.68 Å². The SMILES string of the molecule is Cc1cccc(C(=O)NNC(=O)c2ccc(-n3cnnn3)cc2)c1C. The van der Waals surface area contributed by atoms with Gasteiger partial charge in [-0.15, -0.1) is 5.10 Å². The van der Waals surface area contributed by atoms with Crippen LogP contribution in [0.15, 0.2) is 48.8 Å². The Morgan fingerprint density at radius 3 is 2.36 bits per heavy atom. The monoisotopic (exact) mass is 336 g/mol. The van der Waals surface area contributed by atoms with E-state index in [0.29, 0.717) is 11.1 Å². The van der Waals surface area contributed by atoms with E-state index in [1.165, 1.54) is 11.0 Å². The van der Waals surface area contributed by atoms with E-state index in [9.17, 15) is 9.59 Å². The molecule has 0 saturated carbocycles. The Morgan fingerprint density at radius 1 is 0.960 bits per heavy atom. The Hall–Kier alpha value is -3.55. The van der Waals surface area contributed by atoms with Crippen LogP contribution in [0.1, 0.15) is 31.8 Å². The first-order valence-corrected chi connectivity index (χ1v) is 7.56. The van der Waals surface area contributed by atoms with Crippen molar-refractivity contribution in [1.29, 1.82) is 0 Å². The summed E-state index contributed by atoms with van der Waals surface area (Å²) in [4.78, 5) is 24.4. The molecule has 2 N–H and O–H groups in total. The molecule has 25 heavy (non-hydrogen) atoms. The molecule has 8 nitrogen and oxygen atoms in total. The summed E-state index contributed by atoms with van der Waals surface area (Å²) >= 11 is 0. The Kier molecular flexibility index (Phi) is 4.51. The first-order valence-electron chi connectivity index (χ1n) is 7.56. The van der Waals surface area contributed by atoms with Gasteiger partial charge in [0.05, 0.1) is 5.69 Å². The fourth-order valence-corrected chi connectivity index (χ4v) is 2.30. The minimum Gasteiger partial charge on any atom is -0.267 e. The number of nitrogens with zero attached hydrogens (tertiary/aromatic N) is 4. The highest BCUT2D eigenvalue weighted by atomic mass is 16.2. The third kappa shape index (κ3) is 3.52. The summed E-state index contributed by atoms with van der Waals surface area (Å²) < 4.78 is 1.48. The number of amides is 2. The number of nitrogens with one attached hydrogen (secondary N) is 2. The molecular formula is C17H16N6O2. The maximum Gasteiger partial charge on any atom is 0.269 e. The van der Waals surface area contributed by atoms with Gasteiger partial charge in [-0.05, 0) is 65.7 Å². The Balaban J connectivity index is 1.64. The normalized spacial score (nSPS) is 10.3. The fourth-order valence-electron chi connectivity index (χ4n) is 2.30. The molecule has 1 aromatic heterocycles. The first kappa shape index (κ1) is 16.3. The van der Waals surface area contributed by atoms with Crippen LogP contribution >= 0.6 is 0 Å². The summed E-state index contributed by atoms with van der Waals surface area (Å²) in [6, 6.07) is 12.1. The van der Waals surface area contributed by atoms with Crippen molar-refractivity contribution in [2.24, 2.45) is 0 Å². The van der Waals surface area contributed by atoms with E-state index in [-0.39, 0.29) is 5.91 Å². The van der Waals surface area contributed by atoms with Crippen LogP contribution in [-0.2, 0) is 0 Å². The van der Waals surface area contributed by atoms with Crippen LogP contribution in [0.5, 0.6) is 0 Å². The topological polar surface area (TPSA) is 102 Å². The standard InChI is InChI=1S/C17H16N6O2/c1-11-4-3-5-15(12(11)2)17(25)20-19-16(24)13-6-8-14(9-7-13)23-10-18-21-22-23/h3-10H,1-2H3,(H,19,24)(H,20,25). The van der Waals surface area contributed by atoms with Crippen molar-refractivity contribution in [3.63, 3.8) is 0 Å². The number of aryl methyl sites for hydroxylation is 1. The summed E-state index contributed by atoms with van der Waals surface area (Å²) in [7, 11) is 0. The number of carbonyl (C=O) groups is 2. The van der Waals surface area contributed by atoms with E-state index < -0.39 is 5.91 Å². The minimum atomic E-state index is -0.415. The lowest BCUT2D eigenvalue weighted by Gasteiger charge is -2.10. The van der Waals surface area contributed by atoms with Crippen molar-refractivity contribution >= 4 is 11.8 Å². The molecule has 0 bridgehead atoms. The average Bonchev–Trinajstić information content (AvgIpc) is 3.16. The lowest BCUT2D eigenvalue weighted by molar-refractivity contribution is 0.0846. The summed E-state index contributed by atoms with van der Waals surface area (Å²) in [6.07, 6.45) is 1.46. The maximum absolute atomic E-state index is 12.2. The second-order valence-electron chi connectivity index (χ2n) is 5.46. The number of tetrazole rings is 1. The molecule has 0 spiro atoms. The highest BCUT2D eigenvalue weighted by Gasteiger charge is 2.12. The zero-order valence-electron chi connectivity index (χ0n) is 13.7. The molecule has 2 aromatic carbocycles. The largest absolute Gasteiger partial charge is 0.269 e. The molecule has 3 rings (SSSR count). The molecule has 8 heteroatoms. The number of benzene rings is 2. The summed E-state index contributed by atoms with van der Waals surface area (Å²) in [5.41, 5.74) is 8.38. The van der Waals surface area contributed by atoms with Gasteiger partial charge >= 0.3 is 0 Å². The lowest BCUT2D eigenvalue weighted by atomic mass is 10.0. The van der Waals surface area contributed by atoms with Gasteiger partial charge in [0.2, 0.25) is 0 Å². The van der Waals surface area contributed by atoms with Crippen LogP contribution in [0.3, 0.4) is 0 Å². The zero-order valence-corrected chi connectivity index (χ0v) is 13.7. The molecule has 0 atom stereocenters. The Morgan fingerprint density at radius 2 is 1.68 bits per heavy atom. The van der Waals surface area contributed by atoms with Crippen molar-refractivity contribution < 1.29 is 9.59 Å². The Bertz CT molecular complexity index is 903. The van der Waals surface area contributed by atoms with Crippen molar-refractivity contribution in [3.8, 4) is 5.69 Å². The van der Waals surface area contributed by atoms with Crippen LogP contribution in [0, 0.1) is 13.8 Å². The van der Waals surface area contributed by atoms with E-state index in [1.54, 1.807) is 36.4 Å². The van der Waals surface area contributed by atoms with Crippen LogP contribution in [0.2, 0.25) is 0 Å². The van der Waals surface area contributed by atoms with Crippen molar-refractivity contribution in [2.75, 3.05) is 0 Å². The first-order chi connectivity index (χ1) is 12.1. The lowest BCUT2D eigenvalue weighted by Crippen LogP contribution is -2.41. The molecule has 0 aliphatic rings. The van der Waals surface area contributed by atoms with E-state index >= 15 is 0 Å². The van der Waals surface area contributed by atoms with Gasteiger partial charge in [-0.2, -0.15) is 0 Å². The zero-order chi connectivity index (χ0) is 17.8. The van der Waals surface area contributed by atoms with E-state index in [2.05, 4.69) is 26.4 Å². The number of hydrogen-bond acceptors (Lipinski definition) is 5. The number of carbonyl (C=O) groups excluding carboxylic acids is 2. The molecular weight excluding hydrogens is 320 g/mol. The second kappa shape index (κ2) is 6.91. The molecule has 0 saturated heterocycles. The van der Waals surface area contributed by atoms with Crippen LogP contribution in [0.4, 0.5) is 0 Å². The number of aromatic nitrogens is 4. The van der Waals surface area contributed by atoms with Crippen LogP contribution in [-0.4, -0.2) is 32.0 Å². The quantitative estimate of drug-likeness (QED) is 0.703. The number of rotatable bonds is 3. The smallest absolute Gasteiger partial charge is 0.267 e. The predicted molar refractivity (Wildman–Crippen MR) is 90.0 cm³/mol. The molecule has 2 amide bonds. The van der Waals surface area contributed by atoms with E-state index in [1.807, 2.05) is 19.9 Å².